The van der Waals surface area contributed by atoms with Gasteiger partial charge in [-0.15, -0.1) is 0 Å². The van der Waals surface area contributed by atoms with Crippen LogP contribution in [0.3, 0.4) is 0 Å². The number of rotatable bonds is 2. The first kappa shape index (κ1) is 19.7. The summed E-state index contributed by atoms with van der Waals surface area (Å²) in [5.74, 6) is -1.74. The second-order valence-electron chi connectivity index (χ2n) is 9.57. The quantitative estimate of drug-likeness (QED) is 0.744. The molecule has 4 atom stereocenters. The standard InChI is InChI=1S/C26H27N3O3/c1-4-16-10-6-11-17-21(16)27-25(32)26(17)20-19(18-12-7-13-28(18)26)23(30)29(24(20)31)22-14(2)8-5-9-15(22)3/h5-6,8-11,18-20H,4,7,12-13H2,1-3H3,(H,27,32)/t18-,19+,20-,26+/m0/s1. The molecule has 6 nitrogen and oxygen atoms in total. The van der Waals surface area contributed by atoms with E-state index in [-0.39, 0.29) is 23.8 Å². The van der Waals surface area contributed by atoms with Crippen LogP contribution in [-0.2, 0) is 26.3 Å². The summed E-state index contributed by atoms with van der Waals surface area (Å²) in [5, 5.41) is 3.13. The molecular weight excluding hydrogens is 402 g/mol. The van der Waals surface area contributed by atoms with Crippen molar-refractivity contribution in [3.8, 4) is 0 Å². The molecule has 1 N–H and O–H groups in total. The van der Waals surface area contributed by atoms with Crippen LogP contribution in [0.5, 0.6) is 0 Å². The predicted molar refractivity (Wildman–Crippen MR) is 121 cm³/mol. The van der Waals surface area contributed by atoms with Crippen molar-refractivity contribution in [3.05, 3.63) is 58.7 Å². The average molecular weight is 430 g/mol. The smallest absolute Gasteiger partial charge is 0.250 e. The van der Waals surface area contributed by atoms with E-state index >= 15 is 0 Å². The van der Waals surface area contributed by atoms with Gasteiger partial charge in [0, 0.05) is 17.3 Å². The Labute approximate surface area is 187 Å². The van der Waals surface area contributed by atoms with Crippen LogP contribution in [0.25, 0.3) is 0 Å². The molecule has 6 rings (SSSR count). The zero-order valence-corrected chi connectivity index (χ0v) is 18.6. The average Bonchev–Trinajstić information content (AvgIpc) is 3.47. The molecule has 0 bridgehead atoms. The van der Waals surface area contributed by atoms with Crippen molar-refractivity contribution in [2.24, 2.45) is 11.8 Å². The Bertz CT molecular complexity index is 1180. The lowest BCUT2D eigenvalue weighted by molar-refractivity contribution is -0.135. The number of para-hydroxylation sites is 2. The van der Waals surface area contributed by atoms with E-state index in [4.69, 9.17) is 0 Å². The Kier molecular flexibility index (Phi) is 4.01. The maximum Gasteiger partial charge on any atom is 0.250 e. The van der Waals surface area contributed by atoms with Crippen LogP contribution in [0.4, 0.5) is 11.4 Å². The highest BCUT2D eigenvalue weighted by atomic mass is 16.2. The molecular formula is C26H27N3O3. The maximum atomic E-state index is 14.1. The third kappa shape index (κ3) is 2.11. The SMILES string of the molecule is CCc1cccc2c1NC(=O)[C@]21[C@@H]2C(=O)N(c3c(C)cccc3C)C(=O)[C@@H]2[C@@H]2CCCN21. The minimum atomic E-state index is -1.11. The van der Waals surface area contributed by atoms with Crippen molar-refractivity contribution in [2.45, 2.75) is 51.6 Å². The summed E-state index contributed by atoms with van der Waals surface area (Å²) < 4.78 is 0. The molecule has 164 valence electrons. The highest BCUT2D eigenvalue weighted by Gasteiger charge is 2.74. The van der Waals surface area contributed by atoms with Gasteiger partial charge in [0.2, 0.25) is 17.7 Å². The van der Waals surface area contributed by atoms with Gasteiger partial charge in [-0.2, -0.15) is 0 Å². The number of anilines is 2. The number of hydrogen-bond acceptors (Lipinski definition) is 4. The molecule has 4 aliphatic rings. The third-order valence-electron chi connectivity index (χ3n) is 8.16. The molecule has 0 unspecified atom stereocenters. The number of carbonyl (C=O) groups is 3. The molecule has 6 heteroatoms. The van der Waals surface area contributed by atoms with Crippen LogP contribution in [0.15, 0.2) is 36.4 Å². The monoisotopic (exact) mass is 429 g/mol. The van der Waals surface area contributed by atoms with Crippen molar-refractivity contribution in [3.63, 3.8) is 0 Å². The number of carbonyl (C=O) groups excluding carboxylic acids is 3. The molecule has 32 heavy (non-hydrogen) atoms. The highest BCUT2D eigenvalue weighted by molar-refractivity contribution is 6.26. The van der Waals surface area contributed by atoms with E-state index in [0.29, 0.717) is 5.69 Å². The third-order valence-corrected chi connectivity index (χ3v) is 8.16. The lowest BCUT2D eigenvalue weighted by Gasteiger charge is -2.37. The van der Waals surface area contributed by atoms with Crippen LogP contribution < -0.4 is 10.2 Å². The van der Waals surface area contributed by atoms with Gasteiger partial charge in [-0.1, -0.05) is 43.3 Å². The van der Waals surface area contributed by atoms with Gasteiger partial charge >= 0.3 is 0 Å². The van der Waals surface area contributed by atoms with E-state index in [9.17, 15) is 14.4 Å². The molecule has 1 spiro atoms. The summed E-state index contributed by atoms with van der Waals surface area (Å²) in [5.41, 5.74) is 4.13. The van der Waals surface area contributed by atoms with Gasteiger partial charge in [0.1, 0.15) is 5.54 Å². The minimum absolute atomic E-state index is 0.0900. The van der Waals surface area contributed by atoms with Crippen molar-refractivity contribution in [1.82, 2.24) is 4.90 Å². The molecule has 4 aliphatic heterocycles. The van der Waals surface area contributed by atoms with Crippen LogP contribution >= 0.6 is 0 Å². The van der Waals surface area contributed by atoms with Gasteiger partial charge in [-0.05, 0) is 56.3 Å². The summed E-state index contributed by atoms with van der Waals surface area (Å²) in [7, 11) is 0. The fourth-order valence-electron chi connectivity index (χ4n) is 6.96. The number of imide groups is 1. The fourth-order valence-corrected chi connectivity index (χ4v) is 6.96. The number of aryl methyl sites for hydroxylation is 3. The first-order valence-electron chi connectivity index (χ1n) is 11.6. The number of nitrogens with zero attached hydrogens (tertiary/aromatic N) is 2. The van der Waals surface area contributed by atoms with Gasteiger partial charge in [0.05, 0.1) is 17.5 Å². The van der Waals surface area contributed by atoms with Gasteiger partial charge in [-0.3, -0.25) is 19.3 Å². The summed E-state index contributed by atoms with van der Waals surface area (Å²) >= 11 is 0. The largest absolute Gasteiger partial charge is 0.324 e. The van der Waals surface area contributed by atoms with Crippen molar-refractivity contribution in [2.75, 3.05) is 16.8 Å². The lowest BCUT2D eigenvalue weighted by Crippen LogP contribution is -2.54. The van der Waals surface area contributed by atoms with Crippen LogP contribution in [0.2, 0.25) is 0 Å². The van der Waals surface area contributed by atoms with Crippen molar-refractivity contribution < 1.29 is 14.4 Å². The fraction of sp³-hybridized carbons (Fsp3) is 0.423. The normalized spacial score (nSPS) is 30.8. The Morgan fingerprint density at radius 2 is 1.75 bits per heavy atom. The first-order valence-corrected chi connectivity index (χ1v) is 11.6. The Hall–Kier alpha value is -2.99. The molecule has 3 saturated heterocycles. The molecule has 2 aromatic carbocycles. The van der Waals surface area contributed by atoms with Crippen molar-refractivity contribution in [1.29, 1.82) is 0 Å². The Morgan fingerprint density at radius 1 is 1.03 bits per heavy atom. The second-order valence-corrected chi connectivity index (χ2v) is 9.57. The molecule has 3 amide bonds. The Morgan fingerprint density at radius 3 is 2.47 bits per heavy atom. The van der Waals surface area contributed by atoms with Gasteiger partial charge in [-0.25, -0.2) is 4.90 Å². The summed E-state index contributed by atoms with van der Waals surface area (Å²) in [6.07, 6.45) is 2.55. The molecule has 0 aromatic heterocycles. The number of benzene rings is 2. The van der Waals surface area contributed by atoms with Crippen molar-refractivity contribution >= 4 is 29.1 Å². The van der Waals surface area contributed by atoms with E-state index < -0.39 is 17.4 Å². The number of amides is 3. The van der Waals surface area contributed by atoms with E-state index in [0.717, 1.165) is 53.7 Å². The number of nitrogens with one attached hydrogen (secondary N) is 1. The molecule has 3 fully saturated rings. The van der Waals surface area contributed by atoms with Gasteiger partial charge in [0.25, 0.3) is 0 Å². The molecule has 4 heterocycles. The molecule has 2 aromatic rings. The second kappa shape index (κ2) is 6.51. The highest BCUT2D eigenvalue weighted by Crippen LogP contribution is 2.61. The lowest BCUT2D eigenvalue weighted by atomic mass is 9.75. The summed E-state index contributed by atoms with van der Waals surface area (Å²) in [6, 6.07) is 11.7. The van der Waals surface area contributed by atoms with E-state index in [1.54, 1.807) is 0 Å². The molecule has 0 radical (unpaired) electrons. The van der Waals surface area contributed by atoms with E-state index in [2.05, 4.69) is 17.1 Å². The minimum Gasteiger partial charge on any atom is -0.324 e. The summed E-state index contributed by atoms with van der Waals surface area (Å²) in [6.45, 7) is 6.65. The van der Waals surface area contributed by atoms with Crippen LogP contribution in [0, 0.1) is 25.7 Å². The molecule has 0 aliphatic carbocycles. The van der Waals surface area contributed by atoms with Gasteiger partial charge < -0.3 is 5.32 Å². The van der Waals surface area contributed by atoms with E-state index in [1.807, 2.05) is 50.2 Å². The van der Waals surface area contributed by atoms with Crippen LogP contribution in [-0.4, -0.2) is 35.2 Å². The number of fused-ring (bicyclic) bond motifs is 7. The number of hydrogen-bond donors (Lipinski definition) is 1. The Balaban J connectivity index is 1.58. The zero-order valence-electron chi connectivity index (χ0n) is 18.6. The molecule has 0 saturated carbocycles. The topological polar surface area (TPSA) is 69.7 Å². The zero-order chi connectivity index (χ0) is 22.4. The maximum absolute atomic E-state index is 14.1. The summed E-state index contributed by atoms with van der Waals surface area (Å²) in [4.78, 5) is 45.4. The predicted octanol–water partition coefficient (Wildman–Crippen LogP) is 3.30. The first-order chi connectivity index (χ1) is 15.4. The van der Waals surface area contributed by atoms with E-state index in [1.165, 1.54) is 4.90 Å². The van der Waals surface area contributed by atoms with Gasteiger partial charge in [0.15, 0.2) is 0 Å². The van der Waals surface area contributed by atoms with Crippen LogP contribution in [0.1, 0.15) is 42.0 Å².